The minimum absolute atomic E-state index is 0.368. The maximum atomic E-state index is 5.48. The van der Waals surface area contributed by atoms with E-state index in [9.17, 15) is 0 Å². The van der Waals surface area contributed by atoms with Gasteiger partial charge in [-0.1, -0.05) is 29.8 Å². The molecular formula is C18H24N4O. The third-order valence-electron chi connectivity index (χ3n) is 4.89. The maximum absolute atomic E-state index is 5.48. The summed E-state index contributed by atoms with van der Waals surface area (Å²) in [5.41, 5.74) is 2.39. The summed E-state index contributed by atoms with van der Waals surface area (Å²) in [6.45, 7) is 5.42. The average Bonchev–Trinajstić information content (AvgIpc) is 3.28. The first kappa shape index (κ1) is 14.8. The Bertz CT molecular complexity index is 642. The predicted octanol–water partition coefficient (Wildman–Crippen LogP) is 2.80. The third kappa shape index (κ3) is 3.46. The number of nitrogens with zero attached hydrogens (tertiary/aromatic N) is 3. The standard InChI is InChI=1S/C18H24N4O/c1-2-9-22(10-3-1)13-14-5-4-6-15(11-14)17-20-18(23-21-17)16-7-8-19-12-16/h4-6,11,16,19H,1-3,7-10,12-13H2/t16-/m0/s1. The molecule has 5 heteroatoms. The van der Waals surface area contributed by atoms with Gasteiger partial charge >= 0.3 is 0 Å². The molecule has 1 aromatic heterocycles. The number of rotatable bonds is 4. The molecule has 0 amide bonds. The van der Waals surface area contributed by atoms with E-state index in [-0.39, 0.29) is 0 Å². The molecule has 5 nitrogen and oxygen atoms in total. The van der Waals surface area contributed by atoms with Gasteiger partial charge in [-0.2, -0.15) is 4.98 Å². The van der Waals surface area contributed by atoms with Crippen LogP contribution in [0.3, 0.4) is 0 Å². The zero-order chi connectivity index (χ0) is 15.5. The molecule has 1 atom stereocenters. The van der Waals surface area contributed by atoms with E-state index < -0.39 is 0 Å². The Morgan fingerprint density at radius 3 is 2.96 bits per heavy atom. The average molecular weight is 312 g/mol. The Morgan fingerprint density at radius 2 is 2.13 bits per heavy atom. The molecule has 0 radical (unpaired) electrons. The monoisotopic (exact) mass is 312 g/mol. The summed E-state index contributed by atoms with van der Waals surface area (Å²) in [6, 6.07) is 8.57. The maximum Gasteiger partial charge on any atom is 0.231 e. The number of hydrogen-bond donors (Lipinski definition) is 1. The van der Waals surface area contributed by atoms with Gasteiger partial charge < -0.3 is 9.84 Å². The van der Waals surface area contributed by atoms with Gasteiger partial charge in [0, 0.05) is 18.7 Å². The summed E-state index contributed by atoms with van der Waals surface area (Å²) in [7, 11) is 0. The molecule has 0 unspecified atom stereocenters. The van der Waals surface area contributed by atoms with Crippen molar-refractivity contribution in [3.8, 4) is 11.4 Å². The first-order chi connectivity index (χ1) is 11.4. The Labute approximate surface area is 137 Å². The third-order valence-corrected chi connectivity index (χ3v) is 4.89. The van der Waals surface area contributed by atoms with Crippen molar-refractivity contribution in [1.29, 1.82) is 0 Å². The molecule has 2 aliphatic heterocycles. The molecule has 2 saturated heterocycles. The van der Waals surface area contributed by atoms with Crippen molar-refractivity contribution in [2.75, 3.05) is 26.2 Å². The van der Waals surface area contributed by atoms with Crippen LogP contribution < -0.4 is 5.32 Å². The number of piperidine rings is 1. The van der Waals surface area contributed by atoms with E-state index >= 15 is 0 Å². The summed E-state index contributed by atoms with van der Waals surface area (Å²) in [4.78, 5) is 7.16. The van der Waals surface area contributed by atoms with Crippen LogP contribution in [0.2, 0.25) is 0 Å². The van der Waals surface area contributed by atoms with Gasteiger partial charge in [0.15, 0.2) is 0 Å². The van der Waals surface area contributed by atoms with Crippen molar-refractivity contribution in [1.82, 2.24) is 20.4 Å². The smallest absolute Gasteiger partial charge is 0.231 e. The number of benzene rings is 1. The normalized spacial score (nSPS) is 22.5. The Hall–Kier alpha value is -1.72. The van der Waals surface area contributed by atoms with Gasteiger partial charge in [-0.3, -0.25) is 4.90 Å². The predicted molar refractivity (Wildman–Crippen MR) is 89.1 cm³/mol. The highest BCUT2D eigenvalue weighted by atomic mass is 16.5. The second-order valence-electron chi connectivity index (χ2n) is 6.68. The molecule has 0 bridgehead atoms. The Kier molecular flexibility index (Phi) is 4.39. The highest BCUT2D eigenvalue weighted by molar-refractivity contribution is 5.55. The van der Waals surface area contributed by atoms with Crippen LogP contribution in [0.25, 0.3) is 11.4 Å². The molecule has 4 rings (SSSR count). The van der Waals surface area contributed by atoms with Gasteiger partial charge in [0.05, 0.1) is 5.92 Å². The number of nitrogens with one attached hydrogen (secondary N) is 1. The molecule has 1 aromatic carbocycles. The first-order valence-corrected chi connectivity index (χ1v) is 8.74. The van der Waals surface area contributed by atoms with Crippen molar-refractivity contribution in [3.63, 3.8) is 0 Å². The zero-order valence-corrected chi connectivity index (χ0v) is 13.5. The lowest BCUT2D eigenvalue weighted by Crippen LogP contribution is -2.29. The minimum atomic E-state index is 0.368. The van der Waals surface area contributed by atoms with E-state index in [1.807, 2.05) is 0 Å². The fraction of sp³-hybridized carbons (Fsp3) is 0.556. The molecule has 0 spiro atoms. The van der Waals surface area contributed by atoms with Crippen molar-refractivity contribution < 1.29 is 4.52 Å². The highest BCUT2D eigenvalue weighted by Crippen LogP contribution is 2.24. The van der Waals surface area contributed by atoms with Crippen LogP contribution in [0.5, 0.6) is 0 Å². The molecule has 122 valence electrons. The molecule has 2 aliphatic rings. The van der Waals surface area contributed by atoms with Crippen molar-refractivity contribution in [3.05, 3.63) is 35.7 Å². The van der Waals surface area contributed by atoms with Crippen molar-refractivity contribution in [2.24, 2.45) is 0 Å². The lowest BCUT2D eigenvalue weighted by atomic mass is 10.1. The Balaban J connectivity index is 1.49. The van der Waals surface area contributed by atoms with Crippen LogP contribution in [0.4, 0.5) is 0 Å². The lowest BCUT2D eigenvalue weighted by Gasteiger charge is -2.26. The quantitative estimate of drug-likeness (QED) is 0.941. The van der Waals surface area contributed by atoms with Crippen molar-refractivity contribution in [2.45, 2.75) is 38.1 Å². The Morgan fingerprint density at radius 1 is 1.22 bits per heavy atom. The van der Waals surface area contributed by atoms with E-state index in [1.165, 1.54) is 37.9 Å². The largest absolute Gasteiger partial charge is 0.339 e. The van der Waals surface area contributed by atoms with Gasteiger partial charge in [0.1, 0.15) is 0 Å². The van der Waals surface area contributed by atoms with E-state index in [4.69, 9.17) is 4.52 Å². The molecule has 2 aromatic rings. The number of likely N-dealkylation sites (tertiary alicyclic amines) is 1. The van der Waals surface area contributed by atoms with Crippen LogP contribution in [-0.4, -0.2) is 41.2 Å². The highest BCUT2D eigenvalue weighted by Gasteiger charge is 2.23. The fourth-order valence-corrected chi connectivity index (χ4v) is 3.57. The lowest BCUT2D eigenvalue weighted by molar-refractivity contribution is 0.221. The summed E-state index contributed by atoms with van der Waals surface area (Å²) in [5, 5.41) is 7.53. The first-order valence-electron chi connectivity index (χ1n) is 8.74. The van der Waals surface area contributed by atoms with Crippen LogP contribution in [0, 0.1) is 0 Å². The van der Waals surface area contributed by atoms with Gasteiger partial charge in [-0.15, -0.1) is 0 Å². The van der Waals surface area contributed by atoms with E-state index in [0.717, 1.165) is 37.5 Å². The van der Waals surface area contributed by atoms with Crippen LogP contribution in [-0.2, 0) is 6.54 Å². The van der Waals surface area contributed by atoms with Gasteiger partial charge in [-0.25, -0.2) is 0 Å². The van der Waals surface area contributed by atoms with Gasteiger partial charge in [-0.05, 0) is 50.5 Å². The molecule has 3 heterocycles. The molecule has 23 heavy (non-hydrogen) atoms. The van der Waals surface area contributed by atoms with Crippen LogP contribution >= 0.6 is 0 Å². The second kappa shape index (κ2) is 6.81. The van der Waals surface area contributed by atoms with Crippen LogP contribution in [0.15, 0.2) is 28.8 Å². The molecule has 1 N–H and O–H groups in total. The van der Waals surface area contributed by atoms with E-state index in [0.29, 0.717) is 11.7 Å². The molecule has 0 saturated carbocycles. The molecule has 0 aliphatic carbocycles. The summed E-state index contributed by atoms with van der Waals surface area (Å²) in [5.74, 6) is 1.85. The van der Waals surface area contributed by atoms with Gasteiger partial charge in [0.25, 0.3) is 0 Å². The van der Waals surface area contributed by atoms with E-state index in [2.05, 4.69) is 44.6 Å². The molecule has 2 fully saturated rings. The number of aromatic nitrogens is 2. The van der Waals surface area contributed by atoms with Gasteiger partial charge in [0.2, 0.25) is 11.7 Å². The summed E-state index contributed by atoms with van der Waals surface area (Å²) >= 11 is 0. The van der Waals surface area contributed by atoms with Crippen LogP contribution in [0.1, 0.15) is 43.1 Å². The summed E-state index contributed by atoms with van der Waals surface area (Å²) in [6.07, 6.45) is 5.10. The zero-order valence-electron chi connectivity index (χ0n) is 13.5. The molecular weight excluding hydrogens is 288 g/mol. The number of hydrogen-bond acceptors (Lipinski definition) is 5. The van der Waals surface area contributed by atoms with Crippen molar-refractivity contribution >= 4 is 0 Å². The minimum Gasteiger partial charge on any atom is -0.339 e. The SMILES string of the molecule is c1cc(CN2CCCCC2)cc(-c2noc([C@H]3CCNC3)n2)c1. The van der Waals surface area contributed by atoms with E-state index in [1.54, 1.807) is 0 Å². The fourth-order valence-electron chi connectivity index (χ4n) is 3.57. The summed E-state index contributed by atoms with van der Waals surface area (Å²) < 4.78 is 5.48. The topological polar surface area (TPSA) is 54.2 Å². The second-order valence-corrected chi connectivity index (χ2v) is 6.68.